The van der Waals surface area contributed by atoms with E-state index in [0.717, 1.165) is 50.7 Å². The predicted molar refractivity (Wildman–Crippen MR) is 61.8 cm³/mol. The Balaban J connectivity index is 1.59. The molecular formula is C12H19N3O2. The normalized spacial score (nSPS) is 29.6. The molecular weight excluding hydrogens is 218 g/mol. The minimum Gasteiger partial charge on any atom is -0.378 e. The molecule has 0 amide bonds. The molecule has 2 atom stereocenters. The Labute approximate surface area is 101 Å². The predicted octanol–water partition coefficient (Wildman–Crippen LogP) is 1.26. The Morgan fingerprint density at radius 3 is 3.06 bits per heavy atom. The average Bonchev–Trinajstić information content (AvgIpc) is 3.00. The van der Waals surface area contributed by atoms with E-state index in [1.807, 2.05) is 0 Å². The van der Waals surface area contributed by atoms with Crippen LogP contribution in [0.25, 0.3) is 0 Å². The Hall–Kier alpha value is -0.940. The molecule has 2 saturated heterocycles. The Kier molecular flexibility index (Phi) is 3.38. The fourth-order valence-corrected chi connectivity index (χ4v) is 2.55. The highest BCUT2D eigenvalue weighted by Crippen LogP contribution is 2.21. The van der Waals surface area contributed by atoms with Crippen molar-refractivity contribution in [1.82, 2.24) is 15.5 Å². The van der Waals surface area contributed by atoms with Gasteiger partial charge in [0, 0.05) is 19.6 Å². The van der Waals surface area contributed by atoms with Gasteiger partial charge in [-0.1, -0.05) is 5.16 Å². The topological polar surface area (TPSA) is 60.2 Å². The Bertz CT molecular complexity index is 354. The largest absolute Gasteiger partial charge is 0.378 e. The molecule has 1 aromatic heterocycles. The fraction of sp³-hybridized carbons (Fsp3) is 0.833. The second kappa shape index (κ2) is 5.14. The van der Waals surface area contributed by atoms with Crippen LogP contribution in [-0.2, 0) is 11.2 Å². The summed E-state index contributed by atoms with van der Waals surface area (Å²) in [6, 6.07) is 0. The van der Waals surface area contributed by atoms with Gasteiger partial charge in [0.15, 0.2) is 5.82 Å². The van der Waals surface area contributed by atoms with Crippen LogP contribution in [0.2, 0.25) is 0 Å². The lowest BCUT2D eigenvalue weighted by atomic mass is 10.1. The summed E-state index contributed by atoms with van der Waals surface area (Å²) in [6.45, 7) is 2.89. The van der Waals surface area contributed by atoms with Gasteiger partial charge in [-0.05, 0) is 32.2 Å². The first kappa shape index (κ1) is 11.2. The lowest BCUT2D eigenvalue weighted by Crippen LogP contribution is -2.21. The van der Waals surface area contributed by atoms with Gasteiger partial charge in [-0.2, -0.15) is 4.98 Å². The lowest BCUT2D eigenvalue weighted by molar-refractivity contribution is 0.0153. The van der Waals surface area contributed by atoms with Crippen LogP contribution in [0.5, 0.6) is 0 Å². The summed E-state index contributed by atoms with van der Waals surface area (Å²) in [7, 11) is 0. The van der Waals surface area contributed by atoms with Crippen molar-refractivity contribution in [1.29, 1.82) is 0 Å². The lowest BCUT2D eigenvalue weighted by Gasteiger charge is -2.20. The van der Waals surface area contributed by atoms with Crippen LogP contribution < -0.4 is 5.32 Å². The molecule has 0 bridgehead atoms. The first-order chi connectivity index (χ1) is 8.42. The van der Waals surface area contributed by atoms with E-state index in [1.54, 1.807) is 0 Å². The van der Waals surface area contributed by atoms with Crippen molar-refractivity contribution in [2.24, 2.45) is 0 Å². The fourth-order valence-electron chi connectivity index (χ4n) is 2.55. The van der Waals surface area contributed by atoms with Crippen molar-refractivity contribution in [2.45, 2.75) is 44.1 Å². The van der Waals surface area contributed by atoms with E-state index < -0.39 is 0 Å². The summed E-state index contributed by atoms with van der Waals surface area (Å²) in [5, 5.41) is 7.37. The van der Waals surface area contributed by atoms with Crippen molar-refractivity contribution in [2.75, 3.05) is 19.7 Å². The highest BCUT2D eigenvalue weighted by molar-refractivity contribution is 4.98. The number of nitrogens with one attached hydrogen (secondary N) is 1. The summed E-state index contributed by atoms with van der Waals surface area (Å²) < 4.78 is 11.0. The number of hydrogen-bond donors (Lipinski definition) is 1. The first-order valence-corrected chi connectivity index (χ1v) is 6.56. The molecule has 2 aliphatic heterocycles. The summed E-state index contributed by atoms with van der Waals surface area (Å²) in [5.41, 5.74) is 0. The van der Waals surface area contributed by atoms with E-state index in [0.29, 0.717) is 5.92 Å². The van der Waals surface area contributed by atoms with Crippen LogP contribution >= 0.6 is 0 Å². The summed E-state index contributed by atoms with van der Waals surface area (Å²) >= 11 is 0. The SMILES string of the molecule is C1CCC(Cc2noc(C3CCNC3)n2)OC1. The molecule has 3 rings (SSSR count). The minimum atomic E-state index is 0.288. The highest BCUT2D eigenvalue weighted by Gasteiger charge is 2.24. The number of nitrogens with zero attached hydrogens (tertiary/aromatic N) is 2. The van der Waals surface area contributed by atoms with Gasteiger partial charge in [0.05, 0.1) is 12.0 Å². The van der Waals surface area contributed by atoms with Gasteiger partial charge in [-0.15, -0.1) is 0 Å². The van der Waals surface area contributed by atoms with Gasteiger partial charge >= 0.3 is 0 Å². The second-order valence-electron chi connectivity index (χ2n) is 4.93. The average molecular weight is 237 g/mol. The third kappa shape index (κ3) is 2.66. The molecule has 0 saturated carbocycles. The van der Waals surface area contributed by atoms with Gasteiger partial charge in [0.2, 0.25) is 5.89 Å². The van der Waals surface area contributed by atoms with E-state index >= 15 is 0 Å². The quantitative estimate of drug-likeness (QED) is 0.857. The van der Waals surface area contributed by atoms with E-state index in [1.165, 1.54) is 12.8 Å². The zero-order valence-electron chi connectivity index (χ0n) is 10.0. The van der Waals surface area contributed by atoms with Crippen molar-refractivity contribution >= 4 is 0 Å². The molecule has 3 heterocycles. The van der Waals surface area contributed by atoms with Gasteiger partial charge in [0.25, 0.3) is 0 Å². The van der Waals surface area contributed by atoms with Crippen LogP contribution in [-0.4, -0.2) is 35.9 Å². The third-order valence-corrected chi connectivity index (χ3v) is 3.58. The molecule has 5 nitrogen and oxygen atoms in total. The standard InChI is InChI=1S/C12H19N3O2/c1-2-6-16-10(3-1)7-11-14-12(17-15-11)9-4-5-13-8-9/h9-10,13H,1-8H2. The van der Waals surface area contributed by atoms with E-state index in [-0.39, 0.29) is 6.10 Å². The van der Waals surface area contributed by atoms with Crippen LogP contribution in [0, 0.1) is 0 Å². The minimum absolute atomic E-state index is 0.288. The highest BCUT2D eigenvalue weighted by atomic mass is 16.5. The van der Waals surface area contributed by atoms with Crippen LogP contribution in [0.3, 0.4) is 0 Å². The molecule has 5 heteroatoms. The first-order valence-electron chi connectivity index (χ1n) is 6.56. The molecule has 2 fully saturated rings. The molecule has 1 N–H and O–H groups in total. The van der Waals surface area contributed by atoms with Crippen LogP contribution in [0.1, 0.15) is 43.3 Å². The second-order valence-corrected chi connectivity index (χ2v) is 4.93. The van der Waals surface area contributed by atoms with Gasteiger partial charge in [-0.25, -0.2) is 0 Å². The molecule has 2 unspecified atom stereocenters. The van der Waals surface area contributed by atoms with Crippen LogP contribution in [0.4, 0.5) is 0 Å². The summed E-state index contributed by atoms with van der Waals surface area (Å²) in [4.78, 5) is 4.49. The summed E-state index contributed by atoms with van der Waals surface area (Å²) in [5.74, 6) is 2.00. The number of hydrogen-bond acceptors (Lipinski definition) is 5. The maximum absolute atomic E-state index is 5.68. The smallest absolute Gasteiger partial charge is 0.231 e. The number of ether oxygens (including phenoxy) is 1. The number of aromatic nitrogens is 2. The number of rotatable bonds is 3. The molecule has 1 aromatic rings. The molecule has 0 aliphatic carbocycles. The third-order valence-electron chi connectivity index (χ3n) is 3.58. The van der Waals surface area contributed by atoms with Crippen molar-refractivity contribution in [3.8, 4) is 0 Å². The van der Waals surface area contributed by atoms with Gasteiger partial charge < -0.3 is 14.6 Å². The molecule has 0 radical (unpaired) electrons. The zero-order valence-corrected chi connectivity index (χ0v) is 10.0. The monoisotopic (exact) mass is 237 g/mol. The van der Waals surface area contributed by atoms with Crippen molar-refractivity contribution < 1.29 is 9.26 Å². The molecule has 2 aliphatic rings. The zero-order chi connectivity index (χ0) is 11.5. The van der Waals surface area contributed by atoms with E-state index in [9.17, 15) is 0 Å². The molecule has 17 heavy (non-hydrogen) atoms. The van der Waals surface area contributed by atoms with Gasteiger partial charge in [0.1, 0.15) is 0 Å². The van der Waals surface area contributed by atoms with Crippen molar-refractivity contribution in [3.63, 3.8) is 0 Å². The molecule has 0 aromatic carbocycles. The van der Waals surface area contributed by atoms with E-state index in [2.05, 4.69) is 15.5 Å². The van der Waals surface area contributed by atoms with Gasteiger partial charge in [-0.3, -0.25) is 0 Å². The molecule has 0 spiro atoms. The van der Waals surface area contributed by atoms with E-state index in [4.69, 9.17) is 9.26 Å². The van der Waals surface area contributed by atoms with Crippen molar-refractivity contribution in [3.05, 3.63) is 11.7 Å². The Morgan fingerprint density at radius 2 is 2.29 bits per heavy atom. The summed E-state index contributed by atoms with van der Waals surface area (Å²) in [6.07, 6.45) is 5.74. The molecule has 94 valence electrons. The van der Waals surface area contributed by atoms with Crippen LogP contribution in [0.15, 0.2) is 4.52 Å². The maximum atomic E-state index is 5.68. The Morgan fingerprint density at radius 1 is 1.29 bits per heavy atom. The maximum Gasteiger partial charge on any atom is 0.231 e.